The first-order chi connectivity index (χ1) is 9.08. The molecule has 2 fully saturated rings. The van der Waals surface area contributed by atoms with Crippen LogP contribution in [0, 0.1) is 15.5 Å². The summed E-state index contributed by atoms with van der Waals surface area (Å²) in [6.45, 7) is 0. The Bertz CT molecular complexity index is 503. The number of rotatable bonds is 2. The minimum Gasteiger partial charge on any atom is -0.300 e. The molecular weight excluding hydrogens is 242 g/mol. The molecule has 0 amide bonds. The lowest BCUT2D eigenvalue weighted by atomic mass is 9.58. The van der Waals surface area contributed by atoms with E-state index in [2.05, 4.69) is 0 Å². The van der Waals surface area contributed by atoms with Crippen LogP contribution in [-0.4, -0.2) is 10.7 Å². The Hall–Kier alpha value is -1.71. The largest absolute Gasteiger partial charge is 0.300 e. The first-order valence-electron chi connectivity index (χ1n) is 6.84. The summed E-state index contributed by atoms with van der Waals surface area (Å²) in [5.74, 6) is 0.913. The Balaban J connectivity index is 1.65. The number of carbonyl (C=O) groups excluding carboxylic acids is 1. The van der Waals surface area contributed by atoms with Gasteiger partial charge in [-0.15, -0.1) is 0 Å². The third kappa shape index (κ3) is 2.27. The maximum Gasteiger partial charge on any atom is 0.269 e. The summed E-state index contributed by atoms with van der Waals surface area (Å²) in [6.07, 6.45) is 6.01. The van der Waals surface area contributed by atoms with Crippen LogP contribution in [-0.2, 0) is 4.79 Å². The zero-order valence-corrected chi connectivity index (χ0v) is 10.8. The van der Waals surface area contributed by atoms with E-state index in [-0.39, 0.29) is 10.6 Å². The number of nitro groups is 1. The van der Waals surface area contributed by atoms with Crippen molar-refractivity contribution in [1.82, 2.24) is 0 Å². The summed E-state index contributed by atoms with van der Waals surface area (Å²) in [5.41, 5.74) is 1.67. The second-order valence-electron chi connectivity index (χ2n) is 6.02. The van der Waals surface area contributed by atoms with Gasteiger partial charge in [0.05, 0.1) is 4.92 Å². The zero-order chi connectivity index (χ0) is 13.5. The van der Waals surface area contributed by atoms with Crippen molar-refractivity contribution in [3.8, 4) is 0 Å². The van der Waals surface area contributed by atoms with Gasteiger partial charge >= 0.3 is 0 Å². The quantitative estimate of drug-likeness (QED) is 0.602. The molecule has 0 aromatic heterocycles. The molecular formula is C15H17NO3. The van der Waals surface area contributed by atoms with E-state index < -0.39 is 0 Å². The fraction of sp³-hybridized carbons (Fsp3) is 0.533. The van der Waals surface area contributed by atoms with Crippen LogP contribution in [0.3, 0.4) is 0 Å². The Labute approximate surface area is 112 Å². The number of carbonyl (C=O) groups is 1. The average molecular weight is 259 g/mol. The Morgan fingerprint density at radius 1 is 1.11 bits per heavy atom. The molecule has 0 heterocycles. The third-order valence-corrected chi connectivity index (χ3v) is 4.77. The highest BCUT2D eigenvalue weighted by Crippen LogP contribution is 2.52. The average Bonchev–Trinajstić information content (AvgIpc) is 2.38. The molecule has 0 saturated heterocycles. The van der Waals surface area contributed by atoms with Gasteiger partial charge in [0.1, 0.15) is 5.78 Å². The van der Waals surface area contributed by atoms with Gasteiger partial charge in [-0.3, -0.25) is 14.9 Å². The van der Waals surface area contributed by atoms with Gasteiger partial charge < -0.3 is 0 Å². The van der Waals surface area contributed by atoms with Crippen LogP contribution in [0.4, 0.5) is 5.69 Å². The van der Waals surface area contributed by atoms with Crippen molar-refractivity contribution < 1.29 is 9.72 Å². The van der Waals surface area contributed by atoms with E-state index in [0.29, 0.717) is 17.1 Å². The molecule has 0 unspecified atom stereocenters. The molecule has 2 aliphatic rings. The number of hydrogen-bond acceptors (Lipinski definition) is 3. The van der Waals surface area contributed by atoms with Crippen molar-refractivity contribution in [2.24, 2.45) is 5.41 Å². The van der Waals surface area contributed by atoms with Crippen molar-refractivity contribution in [3.63, 3.8) is 0 Å². The van der Waals surface area contributed by atoms with Crippen LogP contribution in [0.1, 0.15) is 50.0 Å². The van der Waals surface area contributed by atoms with Crippen LogP contribution in [0.15, 0.2) is 24.3 Å². The van der Waals surface area contributed by atoms with Crippen molar-refractivity contribution in [3.05, 3.63) is 39.9 Å². The van der Waals surface area contributed by atoms with E-state index in [9.17, 15) is 14.9 Å². The molecule has 2 saturated carbocycles. The lowest BCUT2D eigenvalue weighted by molar-refractivity contribution is -0.384. The predicted octanol–water partition coefficient (Wildman–Crippen LogP) is 3.60. The van der Waals surface area contributed by atoms with Crippen LogP contribution in [0.25, 0.3) is 0 Å². The molecule has 2 aliphatic carbocycles. The third-order valence-electron chi connectivity index (χ3n) is 4.77. The van der Waals surface area contributed by atoms with Crippen LogP contribution in [0.5, 0.6) is 0 Å². The standard InChI is InChI=1S/C15H17NO3/c17-14-9-15(10-14)7-5-12(6-8-15)11-1-3-13(4-2-11)16(18)19/h1-4,12H,5-10H2. The second-order valence-corrected chi connectivity index (χ2v) is 6.02. The molecule has 1 aromatic rings. The van der Waals surface area contributed by atoms with E-state index in [1.54, 1.807) is 12.1 Å². The molecule has 0 N–H and O–H groups in total. The van der Waals surface area contributed by atoms with Crippen LogP contribution < -0.4 is 0 Å². The Morgan fingerprint density at radius 3 is 2.16 bits per heavy atom. The van der Waals surface area contributed by atoms with Gasteiger partial charge in [0, 0.05) is 25.0 Å². The van der Waals surface area contributed by atoms with E-state index in [4.69, 9.17) is 0 Å². The monoisotopic (exact) mass is 259 g/mol. The van der Waals surface area contributed by atoms with Crippen molar-refractivity contribution >= 4 is 11.5 Å². The highest BCUT2D eigenvalue weighted by atomic mass is 16.6. The Morgan fingerprint density at radius 2 is 1.68 bits per heavy atom. The molecule has 4 heteroatoms. The molecule has 1 spiro atoms. The first kappa shape index (κ1) is 12.3. The molecule has 1 aromatic carbocycles. The zero-order valence-electron chi connectivity index (χ0n) is 10.8. The van der Waals surface area contributed by atoms with Gasteiger partial charge in [-0.2, -0.15) is 0 Å². The minimum absolute atomic E-state index is 0.153. The fourth-order valence-electron chi connectivity index (χ4n) is 3.57. The number of hydrogen-bond donors (Lipinski definition) is 0. The number of nitrogens with zero attached hydrogens (tertiary/aromatic N) is 1. The van der Waals surface area contributed by atoms with Gasteiger partial charge in [0.15, 0.2) is 0 Å². The van der Waals surface area contributed by atoms with E-state index in [1.807, 2.05) is 12.1 Å². The second kappa shape index (κ2) is 4.44. The number of Topliss-reactive ketones (excluding diaryl/α,β-unsaturated/α-hetero) is 1. The topological polar surface area (TPSA) is 60.2 Å². The normalized spacial score (nSPS) is 22.2. The lowest BCUT2D eigenvalue weighted by Crippen LogP contribution is -2.40. The number of nitro benzene ring substituents is 1. The summed E-state index contributed by atoms with van der Waals surface area (Å²) >= 11 is 0. The highest BCUT2D eigenvalue weighted by molar-refractivity contribution is 5.86. The smallest absolute Gasteiger partial charge is 0.269 e. The van der Waals surface area contributed by atoms with Gasteiger partial charge in [-0.05, 0) is 42.6 Å². The molecule has 100 valence electrons. The van der Waals surface area contributed by atoms with E-state index in [1.165, 1.54) is 5.56 Å². The van der Waals surface area contributed by atoms with Crippen molar-refractivity contribution in [2.45, 2.75) is 44.4 Å². The summed E-state index contributed by atoms with van der Waals surface area (Å²) in [7, 11) is 0. The summed E-state index contributed by atoms with van der Waals surface area (Å²) in [4.78, 5) is 21.4. The molecule has 0 atom stereocenters. The Kier molecular flexibility index (Phi) is 2.88. The van der Waals surface area contributed by atoms with Gasteiger partial charge in [-0.1, -0.05) is 12.1 Å². The van der Waals surface area contributed by atoms with Gasteiger partial charge in [0.2, 0.25) is 0 Å². The SMILES string of the molecule is O=C1CC2(CCC(c3ccc([N+](=O)[O-])cc3)CC2)C1. The summed E-state index contributed by atoms with van der Waals surface area (Å²) in [5, 5.41) is 10.6. The summed E-state index contributed by atoms with van der Waals surface area (Å²) in [6, 6.07) is 6.94. The maximum absolute atomic E-state index is 11.2. The van der Waals surface area contributed by atoms with Crippen LogP contribution in [0.2, 0.25) is 0 Å². The number of ketones is 1. The molecule has 19 heavy (non-hydrogen) atoms. The maximum atomic E-state index is 11.2. The van der Waals surface area contributed by atoms with Gasteiger partial charge in [0.25, 0.3) is 5.69 Å². The fourth-order valence-corrected chi connectivity index (χ4v) is 3.57. The lowest BCUT2D eigenvalue weighted by Gasteiger charge is -2.45. The molecule has 4 nitrogen and oxygen atoms in total. The van der Waals surface area contributed by atoms with Crippen molar-refractivity contribution in [1.29, 1.82) is 0 Å². The molecule has 0 radical (unpaired) electrons. The van der Waals surface area contributed by atoms with Crippen molar-refractivity contribution in [2.75, 3.05) is 0 Å². The molecule has 0 bridgehead atoms. The van der Waals surface area contributed by atoms with Gasteiger partial charge in [-0.25, -0.2) is 0 Å². The number of non-ortho nitro benzene ring substituents is 1. The first-order valence-corrected chi connectivity index (χ1v) is 6.84. The summed E-state index contributed by atoms with van der Waals surface area (Å²) < 4.78 is 0. The van der Waals surface area contributed by atoms with Crippen LogP contribution >= 0.6 is 0 Å². The highest BCUT2D eigenvalue weighted by Gasteiger charge is 2.45. The van der Waals surface area contributed by atoms with E-state index >= 15 is 0 Å². The predicted molar refractivity (Wildman–Crippen MR) is 71.0 cm³/mol. The minimum atomic E-state index is -0.361. The number of benzene rings is 1. The molecule has 0 aliphatic heterocycles. The van der Waals surface area contributed by atoms with E-state index in [0.717, 1.165) is 38.5 Å². The molecule has 3 rings (SSSR count).